The number of nitrogens with zero attached hydrogens (tertiary/aromatic N) is 3. The average Bonchev–Trinajstić information content (AvgIpc) is 3.14. The summed E-state index contributed by atoms with van der Waals surface area (Å²) in [5.41, 5.74) is 1.52. The summed E-state index contributed by atoms with van der Waals surface area (Å²) in [4.78, 5) is 4.35. The molecule has 3 rings (SSSR count). The van der Waals surface area contributed by atoms with Gasteiger partial charge in [0, 0.05) is 30.5 Å². The molecule has 0 unspecified atom stereocenters. The minimum Gasteiger partial charge on any atom is -0.250 e. The van der Waals surface area contributed by atoms with Crippen molar-refractivity contribution in [3.05, 3.63) is 58.3 Å². The number of rotatable bonds is 3. The van der Waals surface area contributed by atoms with Crippen LogP contribution in [0.2, 0.25) is 0 Å². The second kappa shape index (κ2) is 6.00. The lowest BCUT2D eigenvalue weighted by Gasteiger charge is -2.06. The van der Waals surface area contributed by atoms with E-state index in [4.69, 9.17) is 0 Å². The highest BCUT2D eigenvalue weighted by molar-refractivity contribution is 7.08. The summed E-state index contributed by atoms with van der Waals surface area (Å²) in [5.74, 6) is 0.631. The SMILES string of the molecule is Cn1nc(-c2ccc(C(F)(F)F)cc2)cc1N=Cc1ccsc1. The Morgan fingerprint density at radius 3 is 2.52 bits per heavy atom. The molecule has 0 bridgehead atoms. The van der Waals surface area contributed by atoms with Gasteiger partial charge in [-0.3, -0.25) is 4.68 Å². The maximum absolute atomic E-state index is 12.6. The summed E-state index contributed by atoms with van der Waals surface area (Å²) in [6, 6.07) is 8.62. The zero-order chi connectivity index (χ0) is 16.4. The third kappa shape index (κ3) is 3.50. The zero-order valence-electron chi connectivity index (χ0n) is 12.1. The number of hydrogen-bond acceptors (Lipinski definition) is 3. The van der Waals surface area contributed by atoms with E-state index in [9.17, 15) is 13.2 Å². The first kappa shape index (κ1) is 15.5. The Bertz CT molecular complexity index is 815. The van der Waals surface area contributed by atoms with Crippen molar-refractivity contribution in [3.63, 3.8) is 0 Å². The van der Waals surface area contributed by atoms with Crippen molar-refractivity contribution < 1.29 is 13.2 Å². The molecule has 0 fully saturated rings. The fourth-order valence-corrected chi connectivity index (χ4v) is 2.65. The monoisotopic (exact) mass is 335 g/mol. The van der Waals surface area contributed by atoms with E-state index < -0.39 is 11.7 Å². The molecule has 0 atom stereocenters. The predicted octanol–water partition coefficient (Wildman–Crippen LogP) is 4.92. The number of alkyl halides is 3. The number of benzene rings is 1. The van der Waals surface area contributed by atoms with Gasteiger partial charge in [0.25, 0.3) is 0 Å². The quantitative estimate of drug-likeness (QED) is 0.625. The molecule has 0 amide bonds. The van der Waals surface area contributed by atoms with Crippen LogP contribution >= 0.6 is 11.3 Å². The second-order valence-corrected chi connectivity index (χ2v) is 5.68. The van der Waals surface area contributed by atoms with Crippen LogP contribution in [0.5, 0.6) is 0 Å². The Labute approximate surface area is 134 Å². The molecule has 3 aromatic rings. The van der Waals surface area contributed by atoms with Gasteiger partial charge < -0.3 is 0 Å². The molecule has 118 valence electrons. The molecule has 2 heterocycles. The number of aliphatic imine (C=N–C) groups is 1. The number of aryl methyl sites for hydroxylation is 1. The summed E-state index contributed by atoms with van der Waals surface area (Å²) in [6.45, 7) is 0. The van der Waals surface area contributed by atoms with E-state index in [-0.39, 0.29) is 0 Å². The van der Waals surface area contributed by atoms with Crippen molar-refractivity contribution in [3.8, 4) is 11.3 Å². The normalized spacial score (nSPS) is 12.2. The zero-order valence-corrected chi connectivity index (χ0v) is 12.9. The van der Waals surface area contributed by atoms with Crippen LogP contribution in [0.4, 0.5) is 19.0 Å². The molecule has 1 aromatic carbocycles. The first-order valence-corrected chi connectivity index (χ1v) is 7.66. The van der Waals surface area contributed by atoms with Crippen LogP contribution in [0.15, 0.2) is 52.2 Å². The Morgan fingerprint density at radius 2 is 1.91 bits per heavy atom. The van der Waals surface area contributed by atoms with Crippen molar-refractivity contribution in [1.82, 2.24) is 9.78 Å². The minimum absolute atomic E-state index is 0.582. The van der Waals surface area contributed by atoms with Gasteiger partial charge in [-0.2, -0.15) is 29.6 Å². The third-order valence-electron chi connectivity index (χ3n) is 3.25. The molecule has 0 aliphatic heterocycles. The van der Waals surface area contributed by atoms with E-state index in [1.165, 1.54) is 12.1 Å². The van der Waals surface area contributed by atoms with E-state index >= 15 is 0 Å². The summed E-state index contributed by atoms with van der Waals surface area (Å²) in [5, 5.41) is 8.22. The molecule has 0 aliphatic rings. The maximum atomic E-state index is 12.6. The van der Waals surface area contributed by atoms with Gasteiger partial charge in [0.15, 0.2) is 5.82 Å². The molecule has 0 saturated heterocycles. The lowest BCUT2D eigenvalue weighted by molar-refractivity contribution is -0.137. The Hall–Kier alpha value is -2.41. The molecule has 23 heavy (non-hydrogen) atoms. The number of aromatic nitrogens is 2. The van der Waals surface area contributed by atoms with Gasteiger partial charge in [-0.05, 0) is 29.0 Å². The standard InChI is InChI=1S/C16H12F3N3S/c1-22-15(20-9-11-6-7-23-10-11)8-14(21-22)12-2-4-13(5-3-12)16(17,18)19/h2-10H,1H3. The first-order chi connectivity index (χ1) is 10.9. The number of halogens is 3. The molecule has 0 saturated carbocycles. The van der Waals surface area contributed by atoms with Crippen molar-refractivity contribution in [1.29, 1.82) is 0 Å². The van der Waals surface area contributed by atoms with Crippen molar-refractivity contribution >= 4 is 23.4 Å². The molecule has 3 nitrogen and oxygen atoms in total. The van der Waals surface area contributed by atoms with Gasteiger partial charge >= 0.3 is 6.18 Å². The van der Waals surface area contributed by atoms with Gasteiger partial charge in [-0.15, -0.1) is 0 Å². The van der Waals surface area contributed by atoms with E-state index in [1.54, 1.807) is 35.3 Å². The predicted molar refractivity (Wildman–Crippen MR) is 85.2 cm³/mol. The highest BCUT2D eigenvalue weighted by Crippen LogP contribution is 2.31. The Balaban J connectivity index is 1.85. The molecular formula is C16H12F3N3S. The van der Waals surface area contributed by atoms with Crippen LogP contribution in [0.1, 0.15) is 11.1 Å². The summed E-state index contributed by atoms with van der Waals surface area (Å²) in [7, 11) is 1.74. The van der Waals surface area contributed by atoms with Crippen molar-refractivity contribution in [2.45, 2.75) is 6.18 Å². The summed E-state index contributed by atoms with van der Waals surface area (Å²) in [6.07, 6.45) is -2.61. The Kier molecular flexibility index (Phi) is 4.04. The van der Waals surface area contributed by atoms with Gasteiger partial charge in [0.1, 0.15) is 0 Å². The summed E-state index contributed by atoms with van der Waals surface area (Å²) < 4.78 is 39.4. The smallest absolute Gasteiger partial charge is 0.250 e. The third-order valence-corrected chi connectivity index (χ3v) is 3.95. The largest absolute Gasteiger partial charge is 0.416 e. The minimum atomic E-state index is -4.33. The van der Waals surface area contributed by atoms with Crippen LogP contribution in [-0.4, -0.2) is 16.0 Å². The van der Waals surface area contributed by atoms with Gasteiger partial charge in [-0.25, -0.2) is 4.99 Å². The van der Waals surface area contributed by atoms with Crippen LogP contribution in [0, 0.1) is 0 Å². The van der Waals surface area contributed by atoms with Gasteiger partial charge in [0.2, 0.25) is 0 Å². The molecule has 2 aromatic heterocycles. The van der Waals surface area contributed by atoms with Crippen LogP contribution < -0.4 is 0 Å². The van der Waals surface area contributed by atoms with Crippen LogP contribution in [0.3, 0.4) is 0 Å². The van der Waals surface area contributed by atoms with Gasteiger partial charge in [-0.1, -0.05) is 12.1 Å². The Morgan fingerprint density at radius 1 is 1.17 bits per heavy atom. The van der Waals surface area contributed by atoms with E-state index in [0.717, 1.165) is 17.7 Å². The van der Waals surface area contributed by atoms with Crippen molar-refractivity contribution in [2.75, 3.05) is 0 Å². The topological polar surface area (TPSA) is 30.2 Å². The average molecular weight is 335 g/mol. The highest BCUT2D eigenvalue weighted by atomic mass is 32.1. The maximum Gasteiger partial charge on any atom is 0.416 e. The molecule has 0 radical (unpaired) electrons. The first-order valence-electron chi connectivity index (χ1n) is 6.71. The van der Waals surface area contributed by atoms with E-state index in [1.807, 2.05) is 16.8 Å². The molecule has 0 N–H and O–H groups in total. The van der Waals surface area contributed by atoms with Crippen LogP contribution in [-0.2, 0) is 13.2 Å². The highest BCUT2D eigenvalue weighted by Gasteiger charge is 2.30. The molecular weight excluding hydrogens is 323 g/mol. The summed E-state index contributed by atoms with van der Waals surface area (Å²) >= 11 is 1.58. The van der Waals surface area contributed by atoms with Gasteiger partial charge in [0.05, 0.1) is 11.3 Å². The number of hydrogen-bond donors (Lipinski definition) is 0. The molecule has 0 spiro atoms. The van der Waals surface area contributed by atoms with E-state index in [2.05, 4.69) is 10.1 Å². The molecule has 7 heteroatoms. The number of thiophene rings is 1. The fraction of sp³-hybridized carbons (Fsp3) is 0.125. The van der Waals surface area contributed by atoms with Crippen LogP contribution in [0.25, 0.3) is 11.3 Å². The second-order valence-electron chi connectivity index (χ2n) is 4.90. The molecule has 0 aliphatic carbocycles. The fourth-order valence-electron chi connectivity index (χ4n) is 2.04. The van der Waals surface area contributed by atoms with E-state index in [0.29, 0.717) is 17.1 Å². The van der Waals surface area contributed by atoms with Crippen molar-refractivity contribution in [2.24, 2.45) is 12.0 Å². The lowest BCUT2D eigenvalue weighted by Crippen LogP contribution is -2.04. The lowest BCUT2D eigenvalue weighted by atomic mass is 10.1.